The van der Waals surface area contributed by atoms with Gasteiger partial charge in [0.1, 0.15) is 0 Å². The summed E-state index contributed by atoms with van der Waals surface area (Å²) >= 11 is 0. The van der Waals surface area contributed by atoms with Crippen molar-refractivity contribution in [3.05, 3.63) is 105 Å². The fraction of sp³-hybridized carbons (Fsp3) is 0.410. The second-order valence-corrected chi connectivity index (χ2v) is 27.2. The van der Waals surface area contributed by atoms with Gasteiger partial charge in [0, 0.05) is 0 Å². The molecule has 0 N–H and O–H groups in total. The van der Waals surface area contributed by atoms with Crippen LogP contribution in [0, 0.1) is 34.6 Å². The van der Waals surface area contributed by atoms with Gasteiger partial charge in [-0.15, -0.1) is 16.7 Å². The molecule has 0 aliphatic rings. The second kappa shape index (κ2) is 17.8. The van der Waals surface area contributed by atoms with E-state index in [-0.39, 0.29) is 58.9 Å². The van der Waals surface area contributed by atoms with Crippen molar-refractivity contribution in [2.45, 2.75) is 106 Å². The van der Waals surface area contributed by atoms with Gasteiger partial charge >= 0.3 is 21.7 Å². The Bertz CT molecular complexity index is 1540. The summed E-state index contributed by atoms with van der Waals surface area (Å²) in [6.07, 6.45) is 2.15. The normalized spacial score (nSPS) is 12.2. The first kappa shape index (κ1) is 45.2. The van der Waals surface area contributed by atoms with Crippen molar-refractivity contribution in [3.8, 4) is 11.1 Å². The summed E-state index contributed by atoms with van der Waals surface area (Å²) in [5.41, 5.74) is 16.6. The average molecular weight is 762 g/mol. The van der Waals surface area contributed by atoms with Crippen LogP contribution in [0.2, 0.25) is 39.3 Å². The molecular weight excluding hydrogens is 707 g/mol. The Balaban J connectivity index is 0.00000506. The third-order valence-electron chi connectivity index (χ3n) is 9.49. The van der Waals surface area contributed by atoms with E-state index in [1.165, 1.54) is 55.6 Å². The van der Waals surface area contributed by atoms with Crippen LogP contribution in [-0.2, 0) is 34.6 Å². The number of hydrogen-bond donors (Lipinski definition) is 0. The van der Waals surface area contributed by atoms with Gasteiger partial charge in [0.15, 0.2) is 0 Å². The largest absolute Gasteiger partial charge is 4.00 e. The maximum absolute atomic E-state index is 2.64. The van der Waals surface area contributed by atoms with Crippen molar-refractivity contribution in [1.82, 2.24) is 0 Å². The van der Waals surface area contributed by atoms with E-state index in [0.29, 0.717) is 5.54 Å². The van der Waals surface area contributed by atoms with Crippen LogP contribution < -0.4 is 52.8 Å². The zero-order chi connectivity index (χ0) is 31.1. The SMILES string of the molecule is CCc1cc(CC)cc(-c2c(C)c(C)c(C)[c-]2C([SiH2]c2cc([Si](C)(C)C)cc([Si](C)(C)C)c2)c2cc(C)cc(C)c2)c1.[Cl-].[Cl-].[Cl-].[Ti+4]. The Hall–Kier alpha value is -0.755. The predicted octanol–water partition coefficient (Wildman–Crippen LogP) is -0.577. The summed E-state index contributed by atoms with van der Waals surface area (Å²) < 4.78 is 0. The number of halogens is 3. The van der Waals surface area contributed by atoms with Crippen LogP contribution in [0.4, 0.5) is 0 Å². The van der Waals surface area contributed by atoms with E-state index < -0.39 is 25.7 Å². The quantitative estimate of drug-likeness (QED) is 0.159. The summed E-state index contributed by atoms with van der Waals surface area (Å²) in [7, 11) is -3.64. The molecule has 4 aromatic carbocycles. The molecule has 1 atom stereocenters. The third kappa shape index (κ3) is 10.1. The third-order valence-corrected chi connectivity index (χ3v) is 15.7. The fourth-order valence-corrected chi connectivity index (χ4v) is 12.0. The molecule has 248 valence electrons. The Morgan fingerprint density at radius 3 is 1.48 bits per heavy atom. The van der Waals surface area contributed by atoms with Crippen molar-refractivity contribution in [3.63, 3.8) is 0 Å². The number of hydrogen-bond acceptors (Lipinski definition) is 0. The minimum Gasteiger partial charge on any atom is -1.00 e. The molecule has 0 nitrogen and oxygen atoms in total. The molecule has 1 unspecified atom stereocenters. The van der Waals surface area contributed by atoms with Crippen molar-refractivity contribution in [2.75, 3.05) is 0 Å². The molecule has 0 aliphatic heterocycles. The number of benzene rings is 3. The summed E-state index contributed by atoms with van der Waals surface area (Å²) in [6, 6.07) is 22.6. The zero-order valence-electron chi connectivity index (χ0n) is 30.5. The maximum atomic E-state index is 2.64. The van der Waals surface area contributed by atoms with Crippen LogP contribution in [-0.4, -0.2) is 25.7 Å². The minimum atomic E-state index is -1.46. The summed E-state index contributed by atoms with van der Waals surface area (Å²) in [5.74, 6) is 0. The van der Waals surface area contributed by atoms with Crippen molar-refractivity contribution < 1.29 is 58.9 Å². The van der Waals surface area contributed by atoms with E-state index >= 15 is 0 Å². The van der Waals surface area contributed by atoms with E-state index in [4.69, 9.17) is 0 Å². The zero-order valence-corrected chi connectivity index (χ0v) is 37.8. The molecule has 0 fully saturated rings. The van der Waals surface area contributed by atoms with E-state index in [1.807, 2.05) is 0 Å². The Labute approximate surface area is 319 Å². The van der Waals surface area contributed by atoms with Gasteiger partial charge in [0.2, 0.25) is 0 Å². The smallest absolute Gasteiger partial charge is 1.00 e. The van der Waals surface area contributed by atoms with Crippen molar-refractivity contribution >= 4 is 41.2 Å². The van der Waals surface area contributed by atoms with E-state index in [2.05, 4.69) is 142 Å². The van der Waals surface area contributed by atoms with Crippen LogP contribution in [0.15, 0.2) is 54.6 Å². The molecule has 0 bridgehead atoms. The van der Waals surface area contributed by atoms with Crippen molar-refractivity contribution in [1.29, 1.82) is 0 Å². The topological polar surface area (TPSA) is 0 Å². The van der Waals surface area contributed by atoms with Crippen LogP contribution in [0.25, 0.3) is 11.1 Å². The standard InChI is InChI=1S/C39H55Si3.3ClH.Ti/c1-14-30-19-31(15-2)21-32(20-30)37-28(6)27(5)29(7)38(37)39(33-17-25(3)16-26(4)18-33)40-34-22-35(41(8,9)10)24-36(23-34)42(11,12)13;;;;/h16-24,39H,14-15,40H2,1-13H3;3*1H;/q-1;;;;+4/p-3. The molecule has 46 heavy (non-hydrogen) atoms. The predicted molar refractivity (Wildman–Crippen MR) is 199 cm³/mol. The molecule has 4 rings (SSSR count). The molecule has 0 amide bonds. The molecule has 0 aromatic heterocycles. The van der Waals surface area contributed by atoms with Gasteiger partial charge in [-0.25, -0.2) is 0 Å². The Morgan fingerprint density at radius 1 is 0.609 bits per heavy atom. The molecule has 4 aromatic rings. The first-order chi connectivity index (χ1) is 19.5. The van der Waals surface area contributed by atoms with Gasteiger partial charge in [-0.05, 0) is 32.2 Å². The van der Waals surface area contributed by atoms with Gasteiger partial charge in [0.25, 0.3) is 0 Å². The molecule has 7 heteroatoms. The summed E-state index contributed by atoms with van der Waals surface area (Å²) in [4.78, 5) is 0. The molecule has 0 saturated carbocycles. The van der Waals surface area contributed by atoms with E-state index in [0.717, 1.165) is 12.8 Å². The number of aryl methyl sites for hydroxylation is 4. The van der Waals surface area contributed by atoms with Gasteiger partial charge in [-0.1, -0.05) is 177 Å². The summed E-state index contributed by atoms with van der Waals surface area (Å²) in [6.45, 7) is 31.4. The van der Waals surface area contributed by atoms with E-state index in [1.54, 1.807) is 21.1 Å². The first-order valence-electron chi connectivity index (χ1n) is 16.2. The van der Waals surface area contributed by atoms with Crippen LogP contribution in [0.5, 0.6) is 0 Å². The monoisotopic (exact) mass is 760 g/mol. The first-order valence-corrected chi connectivity index (χ1v) is 24.7. The Morgan fingerprint density at radius 2 is 1.07 bits per heavy atom. The molecule has 0 saturated heterocycles. The molecule has 0 heterocycles. The van der Waals surface area contributed by atoms with Crippen LogP contribution in [0.3, 0.4) is 0 Å². The fourth-order valence-electron chi connectivity index (χ4n) is 6.69. The molecule has 0 aliphatic carbocycles. The second-order valence-electron chi connectivity index (χ2n) is 15.0. The molecule has 0 radical (unpaired) electrons. The van der Waals surface area contributed by atoms with Gasteiger partial charge < -0.3 is 37.2 Å². The van der Waals surface area contributed by atoms with E-state index in [9.17, 15) is 0 Å². The average Bonchev–Trinajstić information content (AvgIpc) is 3.13. The van der Waals surface area contributed by atoms with Gasteiger partial charge in [-0.3, -0.25) is 0 Å². The minimum absolute atomic E-state index is 0. The number of rotatable bonds is 9. The van der Waals surface area contributed by atoms with Crippen LogP contribution in [0.1, 0.15) is 69.5 Å². The molecule has 0 spiro atoms. The van der Waals surface area contributed by atoms with Crippen molar-refractivity contribution in [2.24, 2.45) is 0 Å². The summed E-state index contributed by atoms with van der Waals surface area (Å²) in [5, 5.41) is 4.92. The van der Waals surface area contributed by atoms with Gasteiger partial charge in [0.05, 0.1) is 25.7 Å². The maximum Gasteiger partial charge on any atom is 4.00 e. The van der Waals surface area contributed by atoms with Crippen LogP contribution >= 0.6 is 0 Å². The Kier molecular flexibility index (Phi) is 17.5. The molecular formula is C39H55Cl3Si3Ti. The van der Waals surface area contributed by atoms with Gasteiger partial charge in [-0.2, -0.15) is 11.1 Å².